The van der Waals surface area contributed by atoms with Gasteiger partial charge in [0.1, 0.15) is 0 Å². The van der Waals surface area contributed by atoms with Crippen LogP contribution in [0, 0.1) is 0 Å². The number of hydrogen-bond acceptors (Lipinski definition) is 5. The molecule has 2 fully saturated rings. The van der Waals surface area contributed by atoms with Crippen molar-refractivity contribution in [3.63, 3.8) is 0 Å². The van der Waals surface area contributed by atoms with Gasteiger partial charge >= 0.3 is 0 Å². The molecule has 1 N–H and O–H groups in total. The van der Waals surface area contributed by atoms with E-state index in [1.165, 1.54) is 4.90 Å². The maximum atomic E-state index is 12.2. The van der Waals surface area contributed by atoms with Crippen molar-refractivity contribution < 1.29 is 21.6 Å². The summed E-state index contributed by atoms with van der Waals surface area (Å²) in [7, 11) is -6.66. The summed E-state index contributed by atoms with van der Waals surface area (Å²) in [6.45, 7) is 4.02. The monoisotopic (exact) mass is 380 g/mol. The number of amides is 1. The van der Waals surface area contributed by atoms with Crippen LogP contribution < -0.4 is 4.72 Å². The van der Waals surface area contributed by atoms with Gasteiger partial charge in [0.15, 0.2) is 9.84 Å². The largest absolute Gasteiger partial charge is 0.341 e. The van der Waals surface area contributed by atoms with Gasteiger partial charge in [0, 0.05) is 25.6 Å². The molecule has 9 heteroatoms. The number of sulfone groups is 1. The number of nitrogens with zero attached hydrogens (tertiary/aromatic N) is 1. The Kier molecular flexibility index (Phi) is 6.30. The molecular weight excluding hydrogens is 352 g/mol. The average molecular weight is 381 g/mol. The third-order valence-electron chi connectivity index (χ3n) is 4.75. The molecule has 1 saturated heterocycles. The number of likely N-dealkylation sites (tertiary alicyclic amines) is 1. The van der Waals surface area contributed by atoms with Crippen molar-refractivity contribution in [2.45, 2.75) is 68.9 Å². The Morgan fingerprint density at radius 3 is 2.29 bits per heavy atom. The van der Waals surface area contributed by atoms with Crippen molar-refractivity contribution in [1.29, 1.82) is 0 Å². The lowest BCUT2D eigenvalue weighted by atomic mass is 10.4. The van der Waals surface area contributed by atoms with Gasteiger partial charge in [-0.25, -0.2) is 21.6 Å². The maximum absolute atomic E-state index is 12.2. The van der Waals surface area contributed by atoms with Crippen LogP contribution in [0.1, 0.15) is 52.4 Å². The fourth-order valence-corrected chi connectivity index (χ4v) is 6.92. The molecule has 0 aromatic rings. The van der Waals surface area contributed by atoms with E-state index in [1.54, 1.807) is 13.8 Å². The number of carbonyl (C=O) groups excluding carboxylic acids is 1. The second-order valence-electron chi connectivity index (χ2n) is 7.09. The van der Waals surface area contributed by atoms with Gasteiger partial charge < -0.3 is 4.90 Å². The minimum Gasteiger partial charge on any atom is -0.341 e. The molecule has 0 spiro atoms. The van der Waals surface area contributed by atoms with Crippen LogP contribution in [0.3, 0.4) is 0 Å². The molecule has 7 nitrogen and oxygen atoms in total. The third-order valence-corrected chi connectivity index (χ3v) is 9.07. The summed E-state index contributed by atoms with van der Waals surface area (Å²) in [5.74, 6) is -0.395. The van der Waals surface area contributed by atoms with Crippen molar-refractivity contribution in [2.75, 3.05) is 18.8 Å². The first-order chi connectivity index (χ1) is 11.1. The molecule has 0 unspecified atom stereocenters. The Labute approximate surface area is 145 Å². The first-order valence-corrected chi connectivity index (χ1v) is 11.9. The lowest BCUT2D eigenvalue weighted by Crippen LogP contribution is -2.40. The lowest BCUT2D eigenvalue weighted by molar-refractivity contribution is -0.129. The Bertz CT molecular complexity index is 651. The molecule has 1 aliphatic heterocycles. The van der Waals surface area contributed by atoms with Crippen molar-refractivity contribution in [2.24, 2.45) is 0 Å². The van der Waals surface area contributed by atoms with Crippen LogP contribution in [0.25, 0.3) is 0 Å². The molecule has 140 valence electrons. The molecule has 1 heterocycles. The molecule has 1 amide bonds. The van der Waals surface area contributed by atoms with Gasteiger partial charge in [-0.2, -0.15) is 0 Å². The highest BCUT2D eigenvalue weighted by Gasteiger charge is 2.36. The molecule has 0 radical (unpaired) electrons. The zero-order valence-corrected chi connectivity index (χ0v) is 16.0. The molecule has 1 saturated carbocycles. The Balaban J connectivity index is 1.86. The number of carbonyl (C=O) groups is 1. The molecule has 2 rings (SSSR count). The minimum absolute atomic E-state index is 0.0524. The van der Waals surface area contributed by atoms with Crippen LogP contribution in [0.4, 0.5) is 0 Å². The van der Waals surface area contributed by atoms with Crippen LogP contribution in [0.15, 0.2) is 0 Å². The van der Waals surface area contributed by atoms with Gasteiger partial charge in [-0.05, 0) is 33.1 Å². The summed E-state index contributed by atoms with van der Waals surface area (Å²) in [5, 5.41) is -0.914. The van der Waals surface area contributed by atoms with Crippen molar-refractivity contribution in [3.05, 3.63) is 0 Å². The fraction of sp³-hybridized carbons (Fsp3) is 0.933. The van der Waals surface area contributed by atoms with E-state index in [2.05, 4.69) is 4.72 Å². The second-order valence-corrected chi connectivity index (χ2v) is 11.5. The highest BCUT2D eigenvalue weighted by Crippen LogP contribution is 2.26. The van der Waals surface area contributed by atoms with E-state index in [0.717, 1.165) is 12.8 Å². The van der Waals surface area contributed by atoms with E-state index >= 15 is 0 Å². The van der Waals surface area contributed by atoms with Crippen LogP contribution >= 0.6 is 0 Å². The van der Waals surface area contributed by atoms with E-state index in [1.807, 2.05) is 0 Å². The van der Waals surface area contributed by atoms with Gasteiger partial charge in [-0.1, -0.05) is 12.8 Å². The van der Waals surface area contributed by atoms with Gasteiger partial charge in [0.25, 0.3) is 0 Å². The number of sulfonamides is 1. The highest BCUT2D eigenvalue weighted by molar-refractivity contribution is 7.92. The van der Waals surface area contributed by atoms with Crippen molar-refractivity contribution in [1.82, 2.24) is 9.62 Å². The quantitative estimate of drug-likeness (QED) is 0.699. The topological polar surface area (TPSA) is 101 Å². The molecule has 24 heavy (non-hydrogen) atoms. The van der Waals surface area contributed by atoms with E-state index in [0.29, 0.717) is 25.8 Å². The van der Waals surface area contributed by atoms with Crippen LogP contribution in [0.5, 0.6) is 0 Å². The zero-order valence-electron chi connectivity index (χ0n) is 14.4. The first kappa shape index (κ1) is 19.7. The van der Waals surface area contributed by atoms with E-state index < -0.39 is 25.1 Å². The molecule has 1 aliphatic carbocycles. The van der Waals surface area contributed by atoms with Gasteiger partial charge in [-0.3, -0.25) is 4.79 Å². The molecular formula is C15H28N2O5S2. The van der Waals surface area contributed by atoms with Gasteiger partial charge in [0.2, 0.25) is 15.9 Å². The Morgan fingerprint density at radius 2 is 1.71 bits per heavy atom. The minimum atomic E-state index is -3.44. The van der Waals surface area contributed by atoms with E-state index in [4.69, 9.17) is 0 Å². The Morgan fingerprint density at radius 1 is 1.08 bits per heavy atom. The normalized spacial score (nSPS) is 23.3. The van der Waals surface area contributed by atoms with E-state index in [9.17, 15) is 21.6 Å². The van der Waals surface area contributed by atoms with Crippen LogP contribution in [-0.2, 0) is 24.7 Å². The predicted octanol–water partition coefficient (Wildman–Crippen LogP) is 0.663. The molecule has 1 atom stereocenters. The highest BCUT2D eigenvalue weighted by atomic mass is 32.2. The summed E-state index contributed by atoms with van der Waals surface area (Å²) in [6.07, 6.45) is 3.61. The van der Waals surface area contributed by atoms with E-state index in [-0.39, 0.29) is 35.9 Å². The maximum Gasteiger partial charge on any atom is 0.223 e. The number of nitrogens with one attached hydrogen (secondary N) is 1. The molecule has 0 aromatic carbocycles. The third kappa shape index (κ3) is 4.92. The zero-order chi connectivity index (χ0) is 18.0. The number of hydrogen-bond donors (Lipinski definition) is 1. The fourth-order valence-electron chi connectivity index (χ4n) is 3.43. The smallest absolute Gasteiger partial charge is 0.223 e. The summed E-state index contributed by atoms with van der Waals surface area (Å²) < 4.78 is 51.3. The first-order valence-electron chi connectivity index (χ1n) is 8.62. The standard InChI is InChI=1S/C15H28N2O5S2/c1-12(2)16-24(21,22)14-7-9-17(11-14)15(18)8-10-23(19,20)13-5-3-4-6-13/h12-14,16H,3-11H2,1-2H3/t14-/m0/s1. The van der Waals surface area contributed by atoms with Gasteiger partial charge in [-0.15, -0.1) is 0 Å². The summed E-state index contributed by atoms with van der Waals surface area (Å²) in [5.41, 5.74) is 0. The molecule has 0 aromatic heterocycles. The summed E-state index contributed by atoms with van der Waals surface area (Å²) in [4.78, 5) is 13.7. The van der Waals surface area contributed by atoms with Crippen LogP contribution in [0.2, 0.25) is 0 Å². The summed E-state index contributed by atoms with van der Waals surface area (Å²) in [6, 6.07) is -0.184. The predicted molar refractivity (Wildman–Crippen MR) is 92.8 cm³/mol. The SMILES string of the molecule is CC(C)NS(=O)(=O)[C@H]1CCN(C(=O)CCS(=O)(=O)C2CCCC2)C1. The van der Waals surface area contributed by atoms with Crippen LogP contribution in [-0.4, -0.2) is 63.0 Å². The van der Waals surface area contributed by atoms with Crippen molar-refractivity contribution >= 4 is 25.8 Å². The average Bonchev–Trinajstić information content (AvgIpc) is 3.14. The Hall–Kier alpha value is -0.670. The molecule has 0 bridgehead atoms. The second kappa shape index (κ2) is 7.70. The molecule has 2 aliphatic rings. The summed E-state index contributed by atoms with van der Waals surface area (Å²) >= 11 is 0. The van der Waals surface area contributed by atoms with Crippen molar-refractivity contribution in [3.8, 4) is 0 Å². The van der Waals surface area contributed by atoms with Gasteiger partial charge in [0.05, 0.1) is 16.3 Å². The lowest BCUT2D eigenvalue weighted by Gasteiger charge is -2.18. The number of rotatable bonds is 7.